The number of nitrogens with two attached hydrogens (primary N) is 1. The highest BCUT2D eigenvalue weighted by molar-refractivity contribution is 9.10. The van der Waals surface area contributed by atoms with Crippen LogP contribution in [-0.4, -0.2) is 16.9 Å². The molecule has 1 aromatic rings. The molecule has 0 aliphatic heterocycles. The van der Waals surface area contributed by atoms with E-state index in [2.05, 4.69) is 26.2 Å². The molecule has 0 bridgehead atoms. The van der Waals surface area contributed by atoms with Gasteiger partial charge in [-0.05, 0) is 40.5 Å². The number of aromatic nitrogens is 1. The molecule has 1 amide bonds. The fourth-order valence-corrected chi connectivity index (χ4v) is 1.31. The number of amides is 1. The molecule has 4 nitrogen and oxygen atoms in total. The Labute approximate surface area is 91.0 Å². The zero-order chi connectivity index (χ0) is 10.6. The van der Waals surface area contributed by atoms with Crippen molar-refractivity contribution in [3.63, 3.8) is 0 Å². The summed E-state index contributed by atoms with van der Waals surface area (Å²) < 4.78 is 0.755. The average molecular weight is 258 g/mol. The monoisotopic (exact) mass is 257 g/mol. The molecule has 0 aliphatic rings. The second-order valence-electron chi connectivity index (χ2n) is 2.99. The van der Waals surface area contributed by atoms with E-state index in [9.17, 15) is 4.79 Å². The first-order valence-electron chi connectivity index (χ1n) is 4.23. The molecular formula is C9H12BrN3O. The van der Waals surface area contributed by atoms with Gasteiger partial charge in [0.1, 0.15) is 4.60 Å². The molecule has 0 saturated carbocycles. The van der Waals surface area contributed by atoms with Crippen LogP contribution in [-0.2, 0) is 11.3 Å². The van der Waals surface area contributed by atoms with Gasteiger partial charge in [-0.2, -0.15) is 0 Å². The highest BCUT2D eigenvalue weighted by Crippen LogP contribution is 2.07. The van der Waals surface area contributed by atoms with Crippen molar-refractivity contribution in [2.24, 2.45) is 5.73 Å². The fraction of sp³-hybridized carbons (Fsp3) is 0.333. The Kier molecular flexibility index (Phi) is 4.03. The van der Waals surface area contributed by atoms with Gasteiger partial charge >= 0.3 is 0 Å². The molecule has 0 aromatic carbocycles. The summed E-state index contributed by atoms with van der Waals surface area (Å²) in [6.45, 7) is 2.12. The Morgan fingerprint density at radius 1 is 1.79 bits per heavy atom. The largest absolute Gasteiger partial charge is 0.351 e. The maximum absolute atomic E-state index is 11.1. The Morgan fingerprint density at radius 2 is 2.50 bits per heavy atom. The van der Waals surface area contributed by atoms with Crippen LogP contribution in [0.1, 0.15) is 12.5 Å². The van der Waals surface area contributed by atoms with Gasteiger partial charge in [-0.15, -0.1) is 0 Å². The van der Waals surface area contributed by atoms with Crippen molar-refractivity contribution in [2.45, 2.75) is 19.5 Å². The quantitative estimate of drug-likeness (QED) is 0.788. The summed E-state index contributed by atoms with van der Waals surface area (Å²) >= 11 is 3.25. The van der Waals surface area contributed by atoms with Crippen LogP contribution in [0, 0.1) is 0 Å². The number of carbonyl (C=O) groups excluding carboxylic acids is 1. The number of pyridine rings is 1. The van der Waals surface area contributed by atoms with E-state index in [0.717, 1.165) is 10.2 Å². The number of nitrogens with zero attached hydrogens (tertiary/aromatic N) is 1. The summed E-state index contributed by atoms with van der Waals surface area (Å²) in [5.74, 6) is -0.155. The number of halogens is 1. The summed E-state index contributed by atoms with van der Waals surface area (Å²) in [4.78, 5) is 15.1. The molecule has 0 spiro atoms. The van der Waals surface area contributed by atoms with E-state index in [4.69, 9.17) is 5.73 Å². The van der Waals surface area contributed by atoms with Crippen LogP contribution in [0.2, 0.25) is 0 Å². The third kappa shape index (κ3) is 3.43. The molecule has 0 radical (unpaired) electrons. The van der Waals surface area contributed by atoms with Crippen molar-refractivity contribution in [3.05, 3.63) is 28.5 Å². The second-order valence-corrected chi connectivity index (χ2v) is 3.81. The lowest BCUT2D eigenvalue weighted by Gasteiger charge is -2.07. The van der Waals surface area contributed by atoms with E-state index in [-0.39, 0.29) is 5.91 Å². The van der Waals surface area contributed by atoms with Crippen LogP contribution in [0.25, 0.3) is 0 Å². The van der Waals surface area contributed by atoms with Crippen LogP contribution in [0.15, 0.2) is 22.9 Å². The van der Waals surface area contributed by atoms with Crippen LogP contribution in [0.3, 0.4) is 0 Å². The summed E-state index contributed by atoms with van der Waals surface area (Å²) in [6, 6.07) is 3.22. The summed E-state index contributed by atoms with van der Waals surface area (Å²) in [5, 5.41) is 2.71. The maximum Gasteiger partial charge on any atom is 0.236 e. The van der Waals surface area contributed by atoms with Crippen molar-refractivity contribution >= 4 is 21.8 Å². The molecule has 14 heavy (non-hydrogen) atoms. The Hall–Kier alpha value is -0.940. The van der Waals surface area contributed by atoms with Crippen molar-refractivity contribution in [1.82, 2.24) is 10.3 Å². The second kappa shape index (κ2) is 5.07. The van der Waals surface area contributed by atoms with Gasteiger partial charge in [0.25, 0.3) is 0 Å². The van der Waals surface area contributed by atoms with Crippen LogP contribution in [0.4, 0.5) is 0 Å². The summed E-state index contributed by atoms with van der Waals surface area (Å²) in [6.07, 6.45) is 1.68. The van der Waals surface area contributed by atoms with E-state index in [1.807, 2.05) is 12.1 Å². The zero-order valence-electron chi connectivity index (χ0n) is 7.83. The van der Waals surface area contributed by atoms with Crippen molar-refractivity contribution < 1.29 is 4.79 Å². The molecule has 76 valence electrons. The van der Waals surface area contributed by atoms with E-state index in [1.54, 1.807) is 13.1 Å². The standard InChI is InChI=1S/C9H12BrN3O/c1-6(11)9(14)13-5-7-2-3-12-8(10)4-7/h2-4,6H,5,11H2,1H3,(H,13,14)/t6-/m0/s1. The zero-order valence-corrected chi connectivity index (χ0v) is 9.41. The minimum atomic E-state index is -0.472. The smallest absolute Gasteiger partial charge is 0.236 e. The van der Waals surface area contributed by atoms with Gasteiger partial charge in [0, 0.05) is 12.7 Å². The van der Waals surface area contributed by atoms with Gasteiger partial charge in [0.05, 0.1) is 6.04 Å². The first-order chi connectivity index (χ1) is 6.59. The Morgan fingerprint density at radius 3 is 3.07 bits per heavy atom. The van der Waals surface area contributed by atoms with E-state index < -0.39 is 6.04 Å². The van der Waals surface area contributed by atoms with Gasteiger partial charge in [0.15, 0.2) is 0 Å². The third-order valence-electron chi connectivity index (χ3n) is 1.67. The SMILES string of the molecule is C[C@H](N)C(=O)NCc1ccnc(Br)c1. The highest BCUT2D eigenvalue weighted by atomic mass is 79.9. The van der Waals surface area contributed by atoms with Crippen LogP contribution in [0.5, 0.6) is 0 Å². The molecule has 1 rings (SSSR count). The molecule has 0 aliphatic carbocycles. The highest BCUT2D eigenvalue weighted by Gasteiger charge is 2.05. The Balaban J connectivity index is 2.50. The number of nitrogens with one attached hydrogen (secondary N) is 1. The molecule has 0 saturated heterocycles. The van der Waals surface area contributed by atoms with Gasteiger partial charge in [-0.3, -0.25) is 4.79 Å². The van der Waals surface area contributed by atoms with Gasteiger partial charge in [0.2, 0.25) is 5.91 Å². The number of hydrogen-bond acceptors (Lipinski definition) is 3. The van der Waals surface area contributed by atoms with Crippen molar-refractivity contribution in [3.8, 4) is 0 Å². The predicted octanol–water partition coefficient (Wildman–Crippen LogP) is 0.807. The first-order valence-corrected chi connectivity index (χ1v) is 5.02. The maximum atomic E-state index is 11.1. The van der Waals surface area contributed by atoms with Gasteiger partial charge in [-0.1, -0.05) is 0 Å². The molecule has 1 atom stereocenters. The van der Waals surface area contributed by atoms with Crippen molar-refractivity contribution in [1.29, 1.82) is 0 Å². The van der Waals surface area contributed by atoms with E-state index in [1.165, 1.54) is 0 Å². The van der Waals surface area contributed by atoms with Crippen LogP contribution >= 0.6 is 15.9 Å². The molecule has 0 unspecified atom stereocenters. The van der Waals surface area contributed by atoms with Crippen LogP contribution < -0.4 is 11.1 Å². The van der Waals surface area contributed by atoms with Gasteiger partial charge < -0.3 is 11.1 Å². The minimum Gasteiger partial charge on any atom is -0.351 e. The lowest BCUT2D eigenvalue weighted by Crippen LogP contribution is -2.37. The molecule has 1 heterocycles. The van der Waals surface area contributed by atoms with E-state index >= 15 is 0 Å². The molecule has 1 aromatic heterocycles. The topological polar surface area (TPSA) is 68.0 Å². The molecule has 5 heteroatoms. The third-order valence-corrected chi connectivity index (χ3v) is 2.10. The summed E-state index contributed by atoms with van der Waals surface area (Å²) in [7, 11) is 0. The lowest BCUT2D eigenvalue weighted by atomic mass is 10.2. The first kappa shape index (κ1) is 11.1. The molecule has 0 fully saturated rings. The number of carbonyl (C=O) groups is 1. The minimum absolute atomic E-state index is 0.155. The number of hydrogen-bond donors (Lipinski definition) is 2. The normalized spacial score (nSPS) is 12.2. The lowest BCUT2D eigenvalue weighted by molar-refractivity contribution is -0.122. The predicted molar refractivity (Wildman–Crippen MR) is 57.4 cm³/mol. The molecule has 3 N–H and O–H groups in total. The fourth-order valence-electron chi connectivity index (χ4n) is 0.903. The molecular weight excluding hydrogens is 246 g/mol. The number of rotatable bonds is 3. The van der Waals surface area contributed by atoms with E-state index in [0.29, 0.717) is 6.54 Å². The summed E-state index contributed by atoms with van der Waals surface area (Å²) in [5.41, 5.74) is 6.38. The van der Waals surface area contributed by atoms with Gasteiger partial charge in [-0.25, -0.2) is 4.98 Å². The Bertz CT molecular complexity index is 328. The average Bonchev–Trinajstić information content (AvgIpc) is 2.14. The van der Waals surface area contributed by atoms with Crippen molar-refractivity contribution in [2.75, 3.05) is 0 Å².